The van der Waals surface area contributed by atoms with Gasteiger partial charge < -0.3 is 5.11 Å². The minimum Gasteiger partial charge on any atom is -0.481 e. The Hall–Kier alpha value is -1.10. The number of aromatic nitrogens is 2. The summed E-state index contributed by atoms with van der Waals surface area (Å²) in [6.07, 6.45) is 2.67. The third-order valence-electron chi connectivity index (χ3n) is 2.80. The number of hydrogen-bond acceptors (Lipinski definition) is 4. The summed E-state index contributed by atoms with van der Waals surface area (Å²) in [6, 6.07) is 0. The molecule has 0 unspecified atom stereocenters. The van der Waals surface area contributed by atoms with Crippen LogP contribution in [0.15, 0.2) is 0 Å². The quantitative estimate of drug-likeness (QED) is 0.743. The fourth-order valence-corrected chi connectivity index (χ4v) is 2.70. The molecule has 1 N–H and O–H groups in total. The van der Waals surface area contributed by atoms with Gasteiger partial charge in [-0.1, -0.05) is 20.8 Å². The van der Waals surface area contributed by atoms with Gasteiger partial charge in [-0.3, -0.25) is 4.79 Å². The second-order valence-corrected chi connectivity index (χ2v) is 5.45. The number of carboxylic acids is 1. The van der Waals surface area contributed by atoms with Crippen molar-refractivity contribution >= 4 is 17.7 Å². The number of aryl methyl sites for hydroxylation is 2. The second kappa shape index (κ2) is 8.15. The summed E-state index contributed by atoms with van der Waals surface area (Å²) in [5.41, 5.74) is 2.59. The van der Waals surface area contributed by atoms with Gasteiger partial charge in [-0.15, -0.1) is 0 Å². The second-order valence-electron chi connectivity index (χ2n) is 4.34. The Morgan fingerprint density at radius 3 is 2.16 bits per heavy atom. The zero-order chi connectivity index (χ0) is 14.3. The number of thioether (sulfide) groups is 1. The number of carboxylic acid groups (broad SMARTS) is 1. The molecule has 0 amide bonds. The zero-order valence-electron chi connectivity index (χ0n) is 11.9. The van der Waals surface area contributed by atoms with Gasteiger partial charge in [0.2, 0.25) is 0 Å². The van der Waals surface area contributed by atoms with Crippen LogP contribution in [0.3, 0.4) is 0 Å². The van der Waals surface area contributed by atoms with Crippen molar-refractivity contribution in [2.24, 2.45) is 0 Å². The Morgan fingerprint density at radius 2 is 1.74 bits per heavy atom. The molecule has 0 saturated heterocycles. The standard InChI is InChI=1S/C14H22N2O2S/c1-4-7-19-9-13-15-11(5-2)10(8-14(17)18)12(6-3)16-13/h4-9H2,1-3H3,(H,17,18). The van der Waals surface area contributed by atoms with Crippen LogP contribution in [0.5, 0.6) is 0 Å². The largest absolute Gasteiger partial charge is 0.481 e. The molecule has 0 aliphatic rings. The fraction of sp³-hybridized carbons (Fsp3) is 0.643. The molecule has 1 aromatic rings. The van der Waals surface area contributed by atoms with E-state index < -0.39 is 5.97 Å². The van der Waals surface area contributed by atoms with Crippen LogP contribution in [-0.4, -0.2) is 26.8 Å². The smallest absolute Gasteiger partial charge is 0.307 e. The molecule has 0 aliphatic heterocycles. The summed E-state index contributed by atoms with van der Waals surface area (Å²) < 4.78 is 0. The van der Waals surface area contributed by atoms with Crippen LogP contribution in [0.4, 0.5) is 0 Å². The highest BCUT2D eigenvalue weighted by Crippen LogP contribution is 2.17. The third kappa shape index (κ3) is 4.82. The van der Waals surface area contributed by atoms with Crippen molar-refractivity contribution in [3.8, 4) is 0 Å². The van der Waals surface area contributed by atoms with Crippen molar-refractivity contribution in [1.29, 1.82) is 0 Å². The number of aliphatic carboxylic acids is 1. The van der Waals surface area contributed by atoms with E-state index in [9.17, 15) is 4.79 Å². The Labute approximate surface area is 119 Å². The molecular formula is C14H22N2O2S. The monoisotopic (exact) mass is 282 g/mol. The van der Waals surface area contributed by atoms with Gasteiger partial charge in [-0.2, -0.15) is 11.8 Å². The molecule has 0 aliphatic carbocycles. The minimum absolute atomic E-state index is 0.0225. The summed E-state index contributed by atoms with van der Waals surface area (Å²) in [5.74, 6) is 1.92. The molecular weight excluding hydrogens is 260 g/mol. The van der Waals surface area contributed by atoms with Crippen molar-refractivity contribution in [3.05, 3.63) is 22.8 Å². The lowest BCUT2D eigenvalue weighted by Crippen LogP contribution is -2.12. The van der Waals surface area contributed by atoms with Crippen molar-refractivity contribution in [1.82, 2.24) is 9.97 Å². The molecule has 1 heterocycles. The number of carbonyl (C=O) groups is 1. The van der Waals surface area contributed by atoms with Gasteiger partial charge >= 0.3 is 5.97 Å². The van der Waals surface area contributed by atoms with Gasteiger partial charge in [-0.05, 0) is 25.0 Å². The van der Waals surface area contributed by atoms with E-state index in [-0.39, 0.29) is 6.42 Å². The minimum atomic E-state index is -0.818. The van der Waals surface area contributed by atoms with E-state index in [0.29, 0.717) is 0 Å². The molecule has 5 heteroatoms. The Balaban J connectivity index is 3.01. The molecule has 0 fully saturated rings. The maximum atomic E-state index is 10.9. The predicted octanol–water partition coefficient (Wildman–Crippen LogP) is 2.87. The number of nitrogens with zero attached hydrogens (tertiary/aromatic N) is 2. The molecule has 0 radical (unpaired) electrons. The fourth-order valence-electron chi connectivity index (χ4n) is 1.95. The third-order valence-corrected chi connectivity index (χ3v) is 3.96. The molecule has 1 aromatic heterocycles. The van der Waals surface area contributed by atoms with Crippen molar-refractivity contribution in [2.75, 3.05) is 5.75 Å². The van der Waals surface area contributed by atoms with Crippen LogP contribution in [0.1, 0.15) is 50.0 Å². The zero-order valence-corrected chi connectivity index (χ0v) is 12.7. The first-order valence-electron chi connectivity index (χ1n) is 6.79. The lowest BCUT2D eigenvalue weighted by Gasteiger charge is -2.12. The van der Waals surface area contributed by atoms with Crippen molar-refractivity contribution in [2.45, 2.75) is 52.2 Å². The van der Waals surface area contributed by atoms with Crippen molar-refractivity contribution in [3.63, 3.8) is 0 Å². The average Bonchev–Trinajstić information content (AvgIpc) is 2.39. The van der Waals surface area contributed by atoms with E-state index in [4.69, 9.17) is 5.11 Å². The van der Waals surface area contributed by atoms with E-state index in [1.807, 2.05) is 25.6 Å². The first-order valence-corrected chi connectivity index (χ1v) is 7.94. The van der Waals surface area contributed by atoms with Crippen LogP contribution in [0.25, 0.3) is 0 Å². The van der Waals surface area contributed by atoms with E-state index in [2.05, 4.69) is 16.9 Å². The molecule has 19 heavy (non-hydrogen) atoms. The van der Waals surface area contributed by atoms with Gasteiger partial charge in [0, 0.05) is 17.0 Å². The number of hydrogen-bond donors (Lipinski definition) is 1. The maximum absolute atomic E-state index is 10.9. The first-order chi connectivity index (χ1) is 9.12. The molecule has 4 nitrogen and oxygen atoms in total. The molecule has 0 bridgehead atoms. The van der Waals surface area contributed by atoms with E-state index in [1.54, 1.807) is 0 Å². The Kier molecular flexibility index (Phi) is 6.84. The van der Waals surface area contributed by atoms with Gasteiger partial charge in [-0.25, -0.2) is 9.97 Å². The van der Waals surface area contributed by atoms with Gasteiger partial charge in [0.05, 0.1) is 12.2 Å². The van der Waals surface area contributed by atoms with E-state index in [1.165, 1.54) is 0 Å². The van der Waals surface area contributed by atoms with Crippen LogP contribution in [-0.2, 0) is 29.8 Å². The molecule has 0 saturated carbocycles. The van der Waals surface area contributed by atoms with Crippen LogP contribution < -0.4 is 0 Å². The summed E-state index contributed by atoms with van der Waals surface area (Å²) in [5, 5.41) is 8.99. The maximum Gasteiger partial charge on any atom is 0.307 e. The topological polar surface area (TPSA) is 63.1 Å². The summed E-state index contributed by atoms with van der Waals surface area (Å²) in [7, 11) is 0. The summed E-state index contributed by atoms with van der Waals surface area (Å²) in [4.78, 5) is 20.0. The molecule has 0 atom stereocenters. The summed E-state index contributed by atoms with van der Waals surface area (Å²) >= 11 is 1.82. The van der Waals surface area contributed by atoms with Crippen LogP contribution in [0, 0.1) is 0 Å². The Bertz CT molecular complexity index is 410. The molecule has 0 aromatic carbocycles. The van der Waals surface area contributed by atoms with Crippen molar-refractivity contribution < 1.29 is 9.90 Å². The van der Waals surface area contributed by atoms with E-state index >= 15 is 0 Å². The highest BCUT2D eigenvalue weighted by atomic mass is 32.2. The van der Waals surface area contributed by atoms with Gasteiger partial charge in [0.15, 0.2) is 0 Å². The van der Waals surface area contributed by atoms with Crippen LogP contribution >= 0.6 is 11.8 Å². The Morgan fingerprint density at radius 1 is 1.16 bits per heavy atom. The highest BCUT2D eigenvalue weighted by molar-refractivity contribution is 7.98. The van der Waals surface area contributed by atoms with Gasteiger partial charge in [0.1, 0.15) is 5.82 Å². The van der Waals surface area contributed by atoms with Gasteiger partial charge in [0.25, 0.3) is 0 Å². The first kappa shape index (κ1) is 16.0. The number of rotatable bonds is 8. The molecule has 1 rings (SSSR count). The normalized spacial score (nSPS) is 10.7. The lowest BCUT2D eigenvalue weighted by molar-refractivity contribution is -0.136. The SMILES string of the molecule is CCCSCc1nc(CC)c(CC(=O)O)c(CC)n1. The highest BCUT2D eigenvalue weighted by Gasteiger charge is 2.14. The summed E-state index contributed by atoms with van der Waals surface area (Å²) in [6.45, 7) is 6.17. The molecule has 106 valence electrons. The van der Waals surface area contributed by atoms with E-state index in [0.717, 1.165) is 53.5 Å². The predicted molar refractivity (Wildman–Crippen MR) is 78.6 cm³/mol. The molecule has 0 spiro atoms. The lowest BCUT2D eigenvalue weighted by atomic mass is 10.0. The van der Waals surface area contributed by atoms with Crippen LogP contribution in [0.2, 0.25) is 0 Å². The average molecular weight is 282 g/mol.